The van der Waals surface area contributed by atoms with Crippen LogP contribution in [0.3, 0.4) is 0 Å². The average molecular weight is 281 g/mol. The van der Waals surface area contributed by atoms with Gasteiger partial charge < -0.3 is 15.0 Å². The molecule has 0 fully saturated rings. The number of nitrogens with zero attached hydrogens (tertiary/aromatic N) is 4. The van der Waals surface area contributed by atoms with E-state index in [-0.39, 0.29) is 24.3 Å². The van der Waals surface area contributed by atoms with Crippen LogP contribution in [-0.4, -0.2) is 48.2 Å². The molecule has 0 amide bonds. The Bertz CT molecular complexity index is 436. The molecule has 0 spiro atoms. The predicted octanol–water partition coefficient (Wildman–Crippen LogP) is 1.42. The number of carbonyl (C=O) groups excluding carboxylic acids is 1. The molecule has 0 aliphatic carbocycles. The van der Waals surface area contributed by atoms with Gasteiger partial charge in [-0.25, -0.2) is 0 Å². The monoisotopic (exact) mass is 281 g/mol. The summed E-state index contributed by atoms with van der Waals surface area (Å²) in [6.07, 6.45) is 0.260. The van der Waals surface area contributed by atoms with Crippen molar-refractivity contribution in [3.63, 3.8) is 0 Å². The lowest BCUT2D eigenvalue weighted by atomic mass is 10.2. The van der Waals surface area contributed by atoms with Crippen molar-refractivity contribution in [3.05, 3.63) is 5.82 Å². The molecule has 1 unspecified atom stereocenters. The molecule has 1 aromatic heterocycles. The fourth-order valence-electron chi connectivity index (χ4n) is 1.51. The second-order valence-electron chi connectivity index (χ2n) is 5.19. The van der Waals surface area contributed by atoms with Crippen LogP contribution in [-0.2, 0) is 9.53 Å². The number of ether oxygens (including phenoxy) is 1. The smallest absolute Gasteiger partial charge is 0.307 e. The zero-order valence-corrected chi connectivity index (χ0v) is 13.0. The van der Waals surface area contributed by atoms with Crippen LogP contribution in [0.25, 0.3) is 0 Å². The summed E-state index contributed by atoms with van der Waals surface area (Å²) in [5.74, 6) is 1.72. The Hall–Kier alpha value is -1.92. The Balaban J connectivity index is 2.90. The van der Waals surface area contributed by atoms with Gasteiger partial charge in [-0.2, -0.15) is 15.0 Å². The number of anilines is 2. The Morgan fingerprint density at radius 1 is 1.25 bits per heavy atom. The van der Waals surface area contributed by atoms with Crippen LogP contribution in [0.1, 0.15) is 38.9 Å². The van der Waals surface area contributed by atoms with Crippen molar-refractivity contribution in [3.8, 4) is 0 Å². The zero-order valence-electron chi connectivity index (χ0n) is 13.0. The number of hydrogen-bond donors (Lipinski definition) is 1. The lowest BCUT2D eigenvalue weighted by Crippen LogP contribution is -2.23. The van der Waals surface area contributed by atoms with E-state index in [0.717, 1.165) is 5.82 Å². The number of methoxy groups -OCH3 is 1. The third-order valence-corrected chi connectivity index (χ3v) is 2.63. The first-order valence-electron chi connectivity index (χ1n) is 6.60. The van der Waals surface area contributed by atoms with Crippen LogP contribution in [0.2, 0.25) is 0 Å². The van der Waals surface area contributed by atoms with Gasteiger partial charge in [0.05, 0.1) is 13.5 Å². The van der Waals surface area contributed by atoms with Crippen LogP contribution < -0.4 is 10.2 Å². The van der Waals surface area contributed by atoms with Crippen molar-refractivity contribution in [1.29, 1.82) is 0 Å². The predicted molar refractivity (Wildman–Crippen MR) is 78.0 cm³/mol. The molecule has 7 heteroatoms. The molecule has 0 bridgehead atoms. The van der Waals surface area contributed by atoms with E-state index >= 15 is 0 Å². The van der Waals surface area contributed by atoms with Crippen molar-refractivity contribution >= 4 is 17.9 Å². The summed E-state index contributed by atoms with van der Waals surface area (Å²) in [7, 11) is 5.13. The van der Waals surface area contributed by atoms with Crippen molar-refractivity contribution in [1.82, 2.24) is 15.0 Å². The summed E-state index contributed by atoms with van der Waals surface area (Å²) in [5.41, 5.74) is 0. The molecular formula is C13H23N5O2. The molecule has 0 aliphatic heterocycles. The van der Waals surface area contributed by atoms with E-state index in [4.69, 9.17) is 0 Å². The molecule has 1 N–H and O–H groups in total. The lowest BCUT2D eigenvalue weighted by Gasteiger charge is -2.17. The molecule has 0 saturated heterocycles. The Morgan fingerprint density at radius 2 is 1.90 bits per heavy atom. The molecule has 1 heterocycles. The number of carbonyl (C=O) groups is 1. The molecule has 0 saturated carbocycles. The van der Waals surface area contributed by atoms with E-state index in [0.29, 0.717) is 11.9 Å². The van der Waals surface area contributed by atoms with Crippen LogP contribution >= 0.6 is 0 Å². The average Bonchev–Trinajstić information content (AvgIpc) is 2.37. The minimum atomic E-state index is -0.268. The second kappa shape index (κ2) is 7.02. The standard InChI is InChI=1S/C13H23N5O2/c1-8(2)11-15-12(17-13(16-11)18(4)5)14-9(3)7-10(19)20-6/h8-9H,7H2,1-6H3,(H,14,15,16,17). The van der Waals surface area contributed by atoms with Gasteiger partial charge >= 0.3 is 5.97 Å². The summed E-state index contributed by atoms with van der Waals surface area (Å²) in [6, 6.07) is -0.111. The van der Waals surface area contributed by atoms with Gasteiger partial charge in [-0.1, -0.05) is 13.8 Å². The van der Waals surface area contributed by atoms with E-state index in [9.17, 15) is 4.79 Å². The van der Waals surface area contributed by atoms with Crippen molar-refractivity contribution in [2.45, 2.75) is 39.2 Å². The topological polar surface area (TPSA) is 80.2 Å². The van der Waals surface area contributed by atoms with Crippen molar-refractivity contribution in [2.24, 2.45) is 0 Å². The number of aromatic nitrogens is 3. The number of rotatable bonds is 6. The van der Waals surface area contributed by atoms with E-state index in [1.165, 1.54) is 7.11 Å². The summed E-state index contributed by atoms with van der Waals surface area (Å²) in [6.45, 7) is 5.93. The number of hydrogen-bond acceptors (Lipinski definition) is 7. The normalized spacial score (nSPS) is 12.2. The quantitative estimate of drug-likeness (QED) is 0.790. The van der Waals surface area contributed by atoms with Crippen molar-refractivity contribution < 1.29 is 9.53 Å². The van der Waals surface area contributed by atoms with E-state index < -0.39 is 0 Å². The maximum absolute atomic E-state index is 11.2. The highest BCUT2D eigenvalue weighted by molar-refractivity contribution is 5.70. The van der Waals surface area contributed by atoms with Gasteiger partial charge in [-0.3, -0.25) is 4.79 Å². The van der Waals surface area contributed by atoms with Crippen LogP contribution in [0.5, 0.6) is 0 Å². The van der Waals surface area contributed by atoms with Gasteiger partial charge in [0.15, 0.2) is 0 Å². The molecule has 112 valence electrons. The SMILES string of the molecule is COC(=O)CC(C)Nc1nc(C(C)C)nc(N(C)C)n1. The van der Waals surface area contributed by atoms with Crippen molar-refractivity contribution in [2.75, 3.05) is 31.4 Å². The first-order chi connectivity index (χ1) is 9.33. The molecule has 7 nitrogen and oxygen atoms in total. The highest BCUT2D eigenvalue weighted by Crippen LogP contribution is 2.15. The zero-order chi connectivity index (χ0) is 15.3. The number of nitrogens with one attached hydrogen (secondary N) is 1. The lowest BCUT2D eigenvalue weighted by molar-refractivity contribution is -0.140. The first-order valence-corrected chi connectivity index (χ1v) is 6.60. The largest absolute Gasteiger partial charge is 0.469 e. The minimum Gasteiger partial charge on any atom is -0.469 e. The summed E-state index contributed by atoms with van der Waals surface area (Å²) >= 11 is 0. The van der Waals surface area contributed by atoms with Gasteiger partial charge in [-0.15, -0.1) is 0 Å². The van der Waals surface area contributed by atoms with Crippen LogP contribution in [0, 0.1) is 0 Å². The highest BCUT2D eigenvalue weighted by Gasteiger charge is 2.14. The van der Waals surface area contributed by atoms with Gasteiger partial charge in [0, 0.05) is 26.1 Å². The first kappa shape index (κ1) is 16.1. The third-order valence-electron chi connectivity index (χ3n) is 2.63. The summed E-state index contributed by atoms with van der Waals surface area (Å²) < 4.78 is 4.64. The van der Waals surface area contributed by atoms with Gasteiger partial charge in [-0.05, 0) is 6.92 Å². The maximum atomic E-state index is 11.2. The number of esters is 1. The fourth-order valence-corrected chi connectivity index (χ4v) is 1.51. The minimum absolute atomic E-state index is 0.111. The van der Waals surface area contributed by atoms with E-state index in [1.54, 1.807) is 0 Å². The molecule has 1 atom stereocenters. The Kier molecular flexibility index (Phi) is 5.66. The molecule has 0 radical (unpaired) electrons. The third kappa shape index (κ3) is 4.64. The molecule has 1 rings (SSSR count). The summed E-state index contributed by atoms with van der Waals surface area (Å²) in [4.78, 5) is 26.2. The van der Waals surface area contributed by atoms with Gasteiger partial charge in [0.25, 0.3) is 0 Å². The van der Waals surface area contributed by atoms with Gasteiger partial charge in [0.2, 0.25) is 11.9 Å². The van der Waals surface area contributed by atoms with Crippen LogP contribution in [0.15, 0.2) is 0 Å². The molecular weight excluding hydrogens is 258 g/mol. The fraction of sp³-hybridized carbons (Fsp3) is 0.692. The van der Waals surface area contributed by atoms with E-state index in [1.807, 2.05) is 39.8 Å². The van der Waals surface area contributed by atoms with Gasteiger partial charge in [0.1, 0.15) is 5.82 Å². The second-order valence-corrected chi connectivity index (χ2v) is 5.19. The highest BCUT2D eigenvalue weighted by atomic mass is 16.5. The van der Waals surface area contributed by atoms with Crippen LogP contribution in [0.4, 0.5) is 11.9 Å². The molecule has 20 heavy (non-hydrogen) atoms. The maximum Gasteiger partial charge on any atom is 0.307 e. The Labute approximate surface area is 119 Å². The van der Waals surface area contributed by atoms with E-state index in [2.05, 4.69) is 25.0 Å². The molecule has 1 aromatic rings. The Morgan fingerprint density at radius 3 is 2.40 bits per heavy atom. The summed E-state index contributed by atoms with van der Waals surface area (Å²) in [5, 5.41) is 3.11. The molecule has 0 aliphatic rings. The molecule has 0 aromatic carbocycles.